The number of benzene rings is 2. The van der Waals surface area contributed by atoms with Crippen molar-refractivity contribution in [1.29, 1.82) is 0 Å². The molecule has 0 aliphatic rings. The molecule has 0 aliphatic carbocycles. The van der Waals surface area contributed by atoms with Crippen LogP contribution in [-0.2, 0) is 16.1 Å². The maximum Gasteiger partial charge on any atom is 0.261 e. The maximum atomic E-state index is 12.9. The van der Waals surface area contributed by atoms with Gasteiger partial charge in [0.25, 0.3) is 5.91 Å². The van der Waals surface area contributed by atoms with E-state index in [-0.39, 0.29) is 18.4 Å². The van der Waals surface area contributed by atoms with Gasteiger partial charge in [-0.15, -0.1) is 0 Å². The minimum atomic E-state index is -0.583. The van der Waals surface area contributed by atoms with Crippen LogP contribution in [0.15, 0.2) is 48.5 Å². The Balaban J connectivity index is 2.14. The number of hydrogen-bond acceptors (Lipinski definition) is 3. The van der Waals surface area contributed by atoms with Gasteiger partial charge in [-0.3, -0.25) is 9.59 Å². The first kappa shape index (κ1) is 20.5. The molecule has 144 valence electrons. The van der Waals surface area contributed by atoms with Crippen molar-refractivity contribution in [3.8, 4) is 5.75 Å². The zero-order valence-electron chi connectivity index (χ0n) is 16.5. The smallest absolute Gasteiger partial charge is 0.261 e. The summed E-state index contributed by atoms with van der Waals surface area (Å²) in [4.78, 5) is 26.8. The topological polar surface area (TPSA) is 58.6 Å². The minimum absolute atomic E-state index is 0.110. The molecule has 1 unspecified atom stereocenters. The van der Waals surface area contributed by atoms with Gasteiger partial charge < -0.3 is 15.0 Å². The number of rotatable bonds is 8. The van der Waals surface area contributed by atoms with E-state index < -0.39 is 6.04 Å². The lowest BCUT2D eigenvalue weighted by atomic mass is 10.1. The van der Waals surface area contributed by atoms with Gasteiger partial charge in [0.2, 0.25) is 5.91 Å². The molecule has 0 bridgehead atoms. The lowest BCUT2D eigenvalue weighted by molar-refractivity contribution is -0.142. The van der Waals surface area contributed by atoms with Gasteiger partial charge in [-0.05, 0) is 50.5 Å². The van der Waals surface area contributed by atoms with E-state index in [1.54, 1.807) is 11.8 Å². The average Bonchev–Trinajstić information content (AvgIpc) is 2.67. The molecule has 2 aromatic carbocycles. The zero-order chi connectivity index (χ0) is 19.8. The Labute approximate surface area is 161 Å². The van der Waals surface area contributed by atoms with Crippen molar-refractivity contribution in [1.82, 2.24) is 10.2 Å². The number of amides is 2. The largest absolute Gasteiger partial charge is 0.483 e. The van der Waals surface area contributed by atoms with Crippen LogP contribution in [0.2, 0.25) is 0 Å². The minimum Gasteiger partial charge on any atom is -0.483 e. The first-order valence-electron chi connectivity index (χ1n) is 9.24. The van der Waals surface area contributed by atoms with Crippen molar-refractivity contribution in [2.45, 2.75) is 40.3 Å². The number of hydrogen-bond donors (Lipinski definition) is 1. The maximum absolute atomic E-state index is 12.9. The second-order valence-electron chi connectivity index (χ2n) is 6.56. The molecular weight excluding hydrogens is 340 g/mol. The summed E-state index contributed by atoms with van der Waals surface area (Å²) in [7, 11) is 0. The van der Waals surface area contributed by atoms with E-state index in [1.807, 2.05) is 69.3 Å². The summed E-state index contributed by atoms with van der Waals surface area (Å²) in [5, 5.41) is 2.78. The summed E-state index contributed by atoms with van der Waals surface area (Å²) < 4.78 is 5.77. The molecule has 2 amide bonds. The van der Waals surface area contributed by atoms with E-state index in [9.17, 15) is 9.59 Å². The first-order valence-corrected chi connectivity index (χ1v) is 9.24. The molecule has 0 saturated heterocycles. The highest BCUT2D eigenvalue weighted by atomic mass is 16.5. The highest BCUT2D eigenvalue weighted by molar-refractivity contribution is 5.87. The molecule has 1 atom stereocenters. The average molecular weight is 368 g/mol. The third-order valence-electron chi connectivity index (χ3n) is 4.62. The van der Waals surface area contributed by atoms with E-state index >= 15 is 0 Å². The number of carbonyl (C=O) groups excluding carboxylic acids is 2. The number of nitrogens with one attached hydrogen (secondary N) is 1. The summed E-state index contributed by atoms with van der Waals surface area (Å²) in [6.07, 6.45) is 0. The molecule has 0 heterocycles. The van der Waals surface area contributed by atoms with Gasteiger partial charge in [0, 0.05) is 13.1 Å². The second kappa shape index (κ2) is 9.76. The fourth-order valence-electron chi connectivity index (χ4n) is 2.79. The second-order valence-corrected chi connectivity index (χ2v) is 6.56. The van der Waals surface area contributed by atoms with E-state index in [4.69, 9.17) is 4.74 Å². The fraction of sp³-hybridized carbons (Fsp3) is 0.364. The fourth-order valence-corrected chi connectivity index (χ4v) is 2.79. The van der Waals surface area contributed by atoms with Gasteiger partial charge in [-0.25, -0.2) is 0 Å². The molecule has 0 fully saturated rings. The Kier molecular flexibility index (Phi) is 7.41. The quantitative estimate of drug-likeness (QED) is 0.778. The third-order valence-corrected chi connectivity index (χ3v) is 4.62. The van der Waals surface area contributed by atoms with Crippen LogP contribution in [0.5, 0.6) is 5.75 Å². The molecule has 0 spiro atoms. The number of carbonyl (C=O) groups is 2. The summed E-state index contributed by atoms with van der Waals surface area (Å²) in [5.41, 5.74) is 3.09. The lowest BCUT2D eigenvalue weighted by Crippen LogP contribution is -2.49. The number of aryl methyl sites for hydroxylation is 1. The summed E-state index contributed by atoms with van der Waals surface area (Å²) >= 11 is 0. The van der Waals surface area contributed by atoms with Gasteiger partial charge in [-0.2, -0.15) is 0 Å². The Bertz CT molecular complexity index is 774. The Morgan fingerprint density at radius 3 is 2.44 bits per heavy atom. The van der Waals surface area contributed by atoms with Crippen molar-refractivity contribution in [3.63, 3.8) is 0 Å². The van der Waals surface area contributed by atoms with E-state index in [1.165, 1.54) is 0 Å². The van der Waals surface area contributed by atoms with Gasteiger partial charge in [0.15, 0.2) is 6.61 Å². The van der Waals surface area contributed by atoms with Gasteiger partial charge in [-0.1, -0.05) is 42.5 Å². The number of likely N-dealkylation sites (N-methyl/N-ethyl adjacent to an activating group) is 1. The molecule has 0 saturated carbocycles. The van der Waals surface area contributed by atoms with Crippen LogP contribution in [-0.4, -0.2) is 35.9 Å². The molecule has 2 rings (SSSR count). The Hall–Kier alpha value is -2.82. The van der Waals surface area contributed by atoms with Crippen molar-refractivity contribution >= 4 is 11.8 Å². The van der Waals surface area contributed by atoms with Crippen LogP contribution in [0, 0.1) is 13.8 Å². The monoisotopic (exact) mass is 368 g/mol. The van der Waals surface area contributed by atoms with Crippen molar-refractivity contribution in [2.24, 2.45) is 0 Å². The SMILES string of the molecule is CCNC(=O)C(C)N(Cc1ccccc1)C(=O)COc1cccc(C)c1C. The van der Waals surface area contributed by atoms with Gasteiger partial charge >= 0.3 is 0 Å². The molecule has 1 N–H and O–H groups in total. The van der Waals surface area contributed by atoms with Gasteiger partial charge in [0.05, 0.1) is 0 Å². The predicted molar refractivity (Wildman–Crippen MR) is 107 cm³/mol. The molecule has 0 aromatic heterocycles. The predicted octanol–water partition coefficient (Wildman–Crippen LogP) is 3.24. The Morgan fingerprint density at radius 2 is 1.78 bits per heavy atom. The van der Waals surface area contributed by atoms with Crippen LogP contribution < -0.4 is 10.1 Å². The third kappa shape index (κ3) is 5.58. The summed E-state index contributed by atoms with van der Waals surface area (Å²) in [6, 6.07) is 14.8. The Morgan fingerprint density at radius 1 is 1.07 bits per heavy atom. The number of ether oxygens (including phenoxy) is 1. The molecular formula is C22H28N2O3. The summed E-state index contributed by atoms with van der Waals surface area (Å²) in [5.74, 6) is 0.292. The van der Waals surface area contributed by atoms with Crippen LogP contribution in [0.3, 0.4) is 0 Å². The van der Waals surface area contributed by atoms with E-state index in [0.717, 1.165) is 16.7 Å². The van der Waals surface area contributed by atoms with E-state index in [2.05, 4.69) is 5.32 Å². The van der Waals surface area contributed by atoms with Crippen molar-refractivity contribution in [3.05, 3.63) is 65.2 Å². The van der Waals surface area contributed by atoms with Crippen LogP contribution >= 0.6 is 0 Å². The first-order chi connectivity index (χ1) is 12.9. The molecule has 2 aromatic rings. The summed E-state index contributed by atoms with van der Waals surface area (Å²) in [6.45, 7) is 8.34. The van der Waals surface area contributed by atoms with Gasteiger partial charge in [0.1, 0.15) is 11.8 Å². The van der Waals surface area contributed by atoms with Crippen LogP contribution in [0.4, 0.5) is 0 Å². The molecule has 0 radical (unpaired) electrons. The molecule has 5 nitrogen and oxygen atoms in total. The van der Waals surface area contributed by atoms with Crippen LogP contribution in [0.25, 0.3) is 0 Å². The lowest BCUT2D eigenvalue weighted by Gasteiger charge is -2.28. The van der Waals surface area contributed by atoms with Crippen molar-refractivity contribution < 1.29 is 14.3 Å². The molecule has 27 heavy (non-hydrogen) atoms. The van der Waals surface area contributed by atoms with Crippen LogP contribution in [0.1, 0.15) is 30.5 Å². The number of nitrogens with zero attached hydrogens (tertiary/aromatic N) is 1. The van der Waals surface area contributed by atoms with E-state index in [0.29, 0.717) is 18.8 Å². The standard InChI is InChI=1S/C22H28N2O3/c1-5-23-22(26)18(4)24(14-19-11-7-6-8-12-19)21(25)15-27-20-13-9-10-16(2)17(20)3/h6-13,18H,5,14-15H2,1-4H3,(H,23,26). The molecule has 0 aliphatic heterocycles. The van der Waals surface area contributed by atoms with Crippen molar-refractivity contribution in [2.75, 3.05) is 13.2 Å². The highest BCUT2D eigenvalue weighted by Gasteiger charge is 2.26. The highest BCUT2D eigenvalue weighted by Crippen LogP contribution is 2.21. The normalized spacial score (nSPS) is 11.6. The molecule has 5 heteroatoms. The zero-order valence-corrected chi connectivity index (χ0v) is 16.5.